The molecule has 7 nitrogen and oxygen atoms in total. The summed E-state index contributed by atoms with van der Waals surface area (Å²) in [6.45, 7) is 4.47. The molecule has 2 aromatic heterocycles. The van der Waals surface area contributed by atoms with E-state index in [2.05, 4.69) is 15.0 Å². The molecule has 0 bridgehead atoms. The van der Waals surface area contributed by atoms with Gasteiger partial charge in [-0.1, -0.05) is 0 Å². The van der Waals surface area contributed by atoms with Crippen LogP contribution >= 0.6 is 0 Å². The van der Waals surface area contributed by atoms with Crippen LogP contribution in [0.4, 0.5) is 0 Å². The molecule has 1 N–H and O–H groups in total. The van der Waals surface area contributed by atoms with E-state index in [1.165, 1.54) is 6.20 Å². The first-order valence-corrected chi connectivity index (χ1v) is 7.90. The summed E-state index contributed by atoms with van der Waals surface area (Å²) in [5, 5.41) is 0. The summed E-state index contributed by atoms with van der Waals surface area (Å²) in [6.07, 6.45) is 2.26. The lowest BCUT2D eigenvalue weighted by Crippen LogP contribution is -2.32. The number of nitrogens with one attached hydrogen (secondary N) is 1. The van der Waals surface area contributed by atoms with Crippen molar-refractivity contribution in [2.75, 3.05) is 20.8 Å². The van der Waals surface area contributed by atoms with Crippen molar-refractivity contribution in [3.05, 3.63) is 41.1 Å². The van der Waals surface area contributed by atoms with Crippen molar-refractivity contribution in [2.45, 2.75) is 32.4 Å². The number of likely N-dealkylation sites (tertiary alicyclic amines) is 1. The number of imidazole rings is 1. The zero-order valence-corrected chi connectivity index (χ0v) is 14.4. The van der Waals surface area contributed by atoms with Gasteiger partial charge in [-0.25, -0.2) is 9.97 Å². The summed E-state index contributed by atoms with van der Waals surface area (Å²) >= 11 is 0. The fourth-order valence-corrected chi connectivity index (χ4v) is 2.98. The lowest BCUT2D eigenvalue weighted by molar-refractivity contribution is 0.0684. The van der Waals surface area contributed by atoms with E-state index in [1.807, 2.05) is 13.8 Å². The average molecular weight is 330 g/mol. The molecule has 0 saturated carbocycles. The highest BCUT2D eigenvalue weighted by Crippen LogP contribution is 2.33. The standard InChI is InChI=1S/C17H22N4O3/c1-10-11(2)20-16(19-10)14-7-13(23-3)9-21(14)17(22)12-5-6-15(24-4)18-8-12/h5-6,8,13-14H,7,9H2,1-4H3,(H,19,20)/t13-,14+/m1/s1. The lowest BCUT2D eigenvalue weighted by Gasteiger charge is -2.23. The number of rotatable bonds is 4. The third-order valence-corrected chi connectivity index (χ3v) is 4.51. The molecular weight excluding hydrogens is 308 g/mol. The van der Waals surface area contributed by atoms with Crippen LogP contribution in [0.5, 0.6) is 5.88 Å². The first-order chi connectivity index (χ1) is 11.5. The number of carbonyl (C=O) groups is 1. The Hall–Kier alpha value is -2.41. The van der Waals surface area contributed by atoms with Crippen LogP contribution in [0.15, 0.2) is 18.3 Å². The minimum atomic E-state index is -0.128. The van der Waals surface area contributed by atoms with Crippen molar-refractivity contribution in [2.24, 2.45) is 0 Å². The first kappa shape index (κ1) is 16.4. The maximum atomic E-state index is 12.9. The summed E-state index contributed by atoms with van der Waals surface area (Å²) < 4.78 is 10.5. The fourth-order valence-electron chi connectivity index (χ4n) is 2.98. The van der Waals surface area contributed by atoms with Crippen molar-refractivity contribution < 1.29 is 14.3 Å². The molecule has 0 aliphatic carbocycles. The van der Waals surface area contributed by atoms with Gasteiger partial charge in [-0.15, -0.1) is 0 Å². The second-order valence-electron chi connectivity index (χ2n) is 5.99. The number of H-pyrrole nitrogens is 1. The topological polar surface area (TPSA) is 80.3 Å². The predicted molar refractivity (Wildman–Crippen MR) is 88.0 cm³/mol. The molecule has 128 valence electrons. The van der Waals surface area contributed by atoms with Crippen LogP contribution in [0.1, 0.15) is 40.0 Å². The monoisotopic (exact) mass is 330 g/mol. The van der Waals surface area contributed by atoms with Gasteiger partial charge in [-0.3, -0.25) is 4.79 Å². The normalized spacial score (nSPS) is 20.4. The number of aromatic nitrogens is 3. The summed E-state index contributed by atoms with van der Waals surface area (Å²) in [7, 11) is 3.22. The molecular formula is C17H22N4O3. The van der Waals surface area contributed by atoms with Crippen molar-refractivity contribution in [1.82, 2.24) is 19.9 Å². The molecule has 7 heteroatoms. The van der Waals surface area contributed by atoms with Gasteiger partial charge in [-0.05, 0) is 19.9 Å². The van der Waals surface area contributed by atoms with E-state index in [-0.39, 0.29) is 18.1 Å². The zero-order valence-electron chi connectivity index (χ0n) is 14.4. The number of ether oxygens (including phenoxy) is 2. The van der Waals surface area contributed by atoms with E-state index >= 15 is 0 Å². The second kappa shape index (κ2) is 6.60. The fraction of sp³-hybridized carbons (Fsp3) is 0.471. The highest BCUT2D eigenvalue weighted by atomic mass is 16.5. The quantitative estimate of drug-likeness (QED) is 0.928. The largest absolute Gasteiger partial charge is 0.481 e. The Morgan fingerprint density at radius 2 is 2.12 bits per heavy atom. The molecule has 3 rings (SSSR count). The number of aromatic amines is 1. The van der Waals surface area contributed by atoms with E-state index in [0.717, 1.165) is 23.6 Å². The van der Waals surface area contributed by atoms with Crippen molar-refractivity contribution in [1.29, 1.82) is 0 Å². The molecule has 2 atom stereocenters. The Kier molecular flexibility index (Phi) is 4.53. The van der Waals surface area contributed by atoms with E-state index in [0.29, 0.717) is 18.0 Å². The van der Waals surface area contributed by atoms with Gasteiger partial charge in [0.1, 0.15) is 5.82 Å². The maximum Gasteiger partial charge on any atom is 0.256 e. The van der Waals surface area contributed by atoms with Gasteiger partial charge in [0, 0.05) is 38.0 Å². The van der Waals surface area contributed by atoms with E-state index in [9.17, 15) is 4.79 Å². The van der Waals surface area contributed by atoms with E-state index in [1.54, 1.807) is 31.3 Å². The average Bonchev–Trinajstić information content (AvgIpc) is 3.18. The summed E-state index contributed by atoms with van der Waals surface area (Å²) in [6, 6.07) is 3.29. The van der Waals surface area contributed by atoms with Gasteiger partial charge in [0.15, 0.2) is 0 Å². The SMILES string of the molecule is COc1ccc(C(=O)N2C[C@H](OC)C[C@H]2c2nc(C)c(C)[nH]2)cn1. The van der Waals surface area contributed by atoms with Crippen molar-refractivity contribution >= 4 is 5.91 Å². The molecule has 3 heterocycles. The molecule has 0 radical (unpaired) electrons. The molecule has 1 saturated heterocycles. The van der Waals surface area contributed by atoms with Crippen LogP contribution in [0.25, 0.3) is 0 Å². The lowest BCUT2D eigenvalue weighted by atomic mass is 10.1. The van der Waals surface area contributed by atoms with E-state index in [4.69, 9.17) is 9.47 Å². The second-order valence-corrected chi connectivity index (χ2v) is 5.99. The number of amides is 1. The van der Waals surface area contributed by atoms with Crippen LogP contribution < -0.4 is 4.74 Å². The Labute approximate surface area is 141 Å². The highest BCUT2D eigenvalue weighted by Gasteiger charge is 2.38. The Bertz CT molecular complexity index is 706. The van der Waals surface area contributed by atoms with Crippen LogP contribution in [-0.2, 0) is 4.74 Å². The van der Waals surface area contributed by atoms with Gasteiger partial charge >= 0.3 is 0 Å². The summed E-state index contributed by atoms with van der Waals surface area (Å²) in [5.41, 5.74) is 2.49. The van der Waals surface area contributed by atoms with Crippen LogP contribution in [0.3, 0.4) is 0 Å². The van der Waals surface area contributed by atoms with Gasteiger partial charge < -0.3 is 19.4 Å². The molecule has 0 aromatic carbocycles. The van der Waals surface area contributed by atoms with Crippen LogP contribution in [-0.4, -0.2) is 52.6 Å². The highest BCUT2D eigenvalue weighted by molar-refractivity contribution is 5.94. The molecule has 1 fully saturated rings. The Morgan fingerprint density at radius 3 is 2.67 bits per heavy atom. The van der Waals surface area contributed by atoms with Crippen molar-refractivity contribution in [3.63, 3.8) is 0 Å². The Balaban J connectivity index is 1.88. The number of nitrogens with zero attached hydrogens (tertiary/aromatic N) is 3. The van der Waals surface area contributed by atoms with Crippen LogP contribution in [0, 0.1) is 13.8 Å². The minimum Gasteiger partial charge on any atom is -0.481 e. The van der Waals surface area contributed by atoms with Gasteiger partial charge in [-0.2, -0.15) is 0 Å². The Morgan fingerprint density at radius 1 is 1.33 bits per heavy atom. The van der Waals surface area contributed by atoms with E-state index < -0.39 is 0 Å². The summed E-state index contributed by atoms with van der Waals surface area (Å²) in [4.78, 5) is 26.7. The molecule has 2 aromatic rings. The number of hydrogen-bond donors (Lipinski definition) is 1. The molecule has 0 unspecified atom stereocenters. The number of aryl methyl sites for hydroxylation is 2. The third-order valence-electron chi connectivity index (χ3n) is 4.51. The number of methoxy groups -OCH3 is 2. The van der Waals surface area contributed by atoms with Gasteiger partial charge in [0.05, 0.1) is 30.5 Å². The van der Waals surface area contributed by atoms with Crippen LogP contribution in [0.2, 0.25) is 0 Å². The maximum absolute atomic E-state index is 12.9. The molecule has 1 amide bonds. The number of pyridine rings is 1. The molecule has 0 spiro atoms. The van der Waals surface area contributed by atoms with Crippen molar-refractivity contribution in [3.8, 4) is 5.88 Å². The number of hydrogen-bond acceptors (Lipinski definition) is 5. The molecule has 1 aliphatic rings. The molecule has 24 heavy (non-hydrogen) atoms. The van der Waals surface area contributed by atoms with Gasteiger partial charge in [0.25, 0.3) is 5.91 Å². The number of carbonyl (C=O) groups excluding carboxylic acids is 1. The predicted octanol–water partition coefficient (Wildman–Crippen LogP) is 2.03. The third kappa shape index (κ3) is 2.99. The summed E-state index contributed by atoms with van der Waals surface area (Å²) in [5.74, 6) is 1.21. The zero-order chi connectivity index (χ0) is 17.3. The minimum absolute atomic E-state index is 0.00382. The molecule has 1 aliphatic heterocycles. The first-order valence-electron chi connectivity index (χ1n) is 7.90. The van der Waals surface area contributed by atoms with Gasteiger partial charge in [0.2, 0.25) is 5.88 Å². The smallest absolute Gasteiger partial charge is 0.256 e.